The lowest BCUT2D eigenvalue weighted by Gasteiger charge is -2.30. The van der Waals surface area contributed by atoms with Crippen molar-refractivity contribution in [3.63, 3.8) is 0 Å². The number of hydrogen-bond acceptors (Lipinski definition) is 3. The fourth-order valence-corrected chi connectivity index (χ4v) is 2.27. The normalized spacial score (nSPS) is 10.9. The molecule has 1 aromatic heterocycles. The summed E-state index contributed by atoms with van der Waals surface area (Å²) in [6, 6.07) is 7.99. The summed E-state index contributed by atoms with van der Waals surface area (Å²) >= 11 is 0. The first kappa shape index (κ1) is 16.2. The predicted octanol–water partition coefficient (Wildman–Crippen LogP) is 3.07. The zero-order chi connectivity index (χ0) is 15.2. The molecule has 0 radical (unpaired) electrons. The highest BCUT2D eigenvalue weighted by atomic mass is 16.2. The molecule has 0 unspecified atom stereocenters. The van der Waals surface area contributed by atoms with Crippen LogP contribution in [0, 0.1) is 23.7 Å². The molecule has 0 aliphatic rings. The number of aryl methyl sites for hydroxylation is 1. The first-order chi connectivity index (χ1) is 9.52. The van der Waals surface area contributed by atoms with Crippen LogP contribution in [0.3, 0.4) is 0 Å². The summed E-state index contributed by atoms with van der Waals surface area (Å²) in [6.45, 7) is 8.69. The second kappa shape index (κ2) is 7.04. The van der Waals surface area contributed by atoms with Gasteiger partial charge in [-0.1, -0.05) is 19.9 Å². The van der Waals surface area contributed by atoms with Gasteiger partial charge in [0.05, 0.1) is 18.3 Å². The van der Waals surface area contributed by atoms with E-state index in [2.05, 4.69) is 11.1 Å². The monoisotopic (exact) mass is 273 g/mol. The van der Waals surface area contributed by atoms with E-state index in [0.29, 0.717) is 25.9 Å². The van der Waals surface area contributed by atoms with Gasteiger partial charge in [-0.3, -0.25) is 9.78 Å². The Morgan fingerprint density at radius 2 is 2.00 bits per heavy atom. The molecule has 0 aliphatic heterocycles. The van der Waals surface area contributed by atoms with Gasteiger partial charge in [0.1, 0.15) is 5.41 Å². The molecule has 1 heterocycles. The number of nitrogens with zero attached hydrogens (tertiary/aromatic N) is 3. The minimum atomic E-state index is -0.903. The van der Waals surface area contributed by atoms with Crippen LogP contribution in [-0.4, -0.2) is 22.3 Å². The smallest absolute Gasteiger partial charge is 0.243 e. The average molecular weight is 273 g/mol. The maximum Gasteiger partial charge on any atom is 0.243 e. The summed E-state index contributed by atoms with van der Waals surface area (Å²) in [7, 11) is 0. The lowest BCUT2D eigenvalue weighted by molar-refractivity contribution is -0.140. The van der Waals surface area contributed by atoms with Crippen molar-refractivity contribution in [3.05, 3.63) is 29.6 Å². The van der Waals surface area contributed by atoms with E-state index < -0.39 is 5.41 Å². The summed E-state index contributed by atoms with van der Waals surface area (Å²) in [6.07, 6.45) is 1.08. The van der Waals surface area contributed by atoms with Gasteiger partial charge in [-0.05, 0) is 38.8 Å². The molecule has 0 spiro atoms. The maximum absolute atomic E-state index is 12.7. The van der Waals surface area contributed by atoms with Crippen LogP contribution in [0.2, 0.25) is 0 Å². The number of hydrogen-bond donors (Lipinski definition) is 0. The average Bonchev–Trinajstić information content (AvgIpc) is 2.47. The Balaban J connectivity index is 2.96. The van der Waals surface area contributed by atoms with E-state index in [-0.39, 0.29) is 5.91 Å². The zero-order valence-corrected chi connectivity index (χ0v) is 12.8. The molecule has 0 N–H and O–H groups in total. The van der Waals surface area contributed by atoms with Crippen LogP contribution in [0.5, 0.6) is 0 Å². The van der Waals surface area contributed by atoms with E-state index in [1.807, 2.05) is 45.9 Å². The molecular weight excluding hydrogens is 250 g/mol. The summed E-state index contributed by atoms with van der Waals surface area (Å²) in [5.74, 6) is -0.0872. The molecule has 4 nitrogen and oxygen atoms in total. The molecule has 0 aromatic carbocycles. The van der Waals surface area contributed by atoms with Crippen molar-refractivity contribution in [1.82, 2.24) is 9.88 Å². The van der Waals surface area contributed by atoms with Gasteiger partial charge in [0.2, 0.25) is 5.91 Å². The van der Waals surface area contributed by atoms with Crippen LogP contribution in [-0.2, 0) is 11.3 Å². The van der Waals surface area contributed by atoms with E-state index in [1.165, 1.54) is 0 Å². The highest BCUT2D eigenvalue weighted by Gasteiger charge is 2.38. The van der Waals surface area contributed by atoms with Crippen LogP contribution in [0.1, 0.15) is 45.0 Å². The molecule has 108 valence electrons. The van der Waals surface area contributed by atoms with Gasteiger partial charge in [0.25, 0.3) is 0 Å². The van der Waals surface area contributed by atoms with E-state index in [0.717, 1.165) is 11.4 Å². The van der Waals surface area contributed by atoms with Gasteiger partial charge < -0.3 is 4.90 Å². The van der Waals surface area contributed by atoms with Gasteiger partial charge in [-0.2, -0.15) is 5.26 Å². The Labute approximate surface area is 121 Å². The van der Waals surface area contributed by atoms with Gasteiger partial charge in [0, 0.05) is 12.2 Å². The molecule has 0 saturated carbocycles. The Kier molecular flexibility index (Phi) is 5.69. The number of aromatic nitrogens is 1. The first-order valence-electron chi connectivity index (χ1n) is 7.16. The van der Waals surface area contributed by atoms with Crippen LogP contribution in [0.15, 0.2) is 18.2 Å². The van der Waals surface area contributed by atoms with Gasteiger partial charge in [-0.25, -0.2) is 0 Å². The minimum Gasteiger partial charge on any atom is -0.336 e. The topological polar surface area (TPSA) is 57.0 Å². The van der Waals surface area contributed by atoms with Gasteiger partial charge in [-0.15, -0.1) is 0 Å². The summed E-state index contributed by atoms with van der Waals surface area (Å²) < 4.78 is 0. The molecule has 4 heteroatoms. The van der Waals surface area contributed by atoms with Crippen molar-refractivity contribution in [1.29, 1.82) is 5.26 Å². The Bertz CT molecular complexity index is 501. The third kappa shape index (κ3) is 3.36. The molecule has 0 aliphatic carbocycles. The molecule has 1 amide bonds. The number of carbonyl (C=O) groups is 1. The molecule has 1 aromatic rings. The van der Waals surface area contributed by atoms with E-state index >= 15 is 0 Å². The molecule has 0 bridgehead atoms. The maximum atomic E-state index is 12.7. The molecule has 0 atom stereocenters. The quantitative estimate of drug-likeness (QED) is 0.800. The van der Waals surface area contributed by atoms with E-state index in [9.17, 15) is 10.1 Å². The Morgan fingerprint density at radius 1 is 1.35 bits per heavy atom. The third-order valence-electron chi connectivity index (χ3n) is 3.80. The fourth-order valence-electron chi connectivity index (χ4n) is 2.27. The third-order valence-corrected chi connectivity index (χ3v) is 3.80. The fraction of sp³-hybridized carbons (Fsp3) is 0.562. The molecule has 1 rings (SSSR count). The second-order valence-electron chi connectivity index (χ2n) is 4.99. The molecular formula is C16H23N3O. The second-order valence-corrected chi connectivity index (χ2v) is 4.99. The van der Waals surface area contributed by atoms with Crippen molar-refractivity contribution in [2.45, 2.75) is 47.1 Å². The Hall–Kier alpha value is -1.89. The lowest BCUT2D eigenvalue weighted by Crippen LogP contribution is -2.42. The van der Waals surface area contributed by atoms with Crippen molar-refractivity contribution in [3.8, 4) is 6.07 Å². The number of rotatable bonds is 6. The van der Waals surface area contributed by atoms with Gasteiger partial charge >= 0.3 is 0 Å². The Morgan fingerprint density at radius 3 is 2.45 bits per heavy atom. The van der Waals surface area contributed by atoms with Crippen LogP contribution >= 0.6 is 0 Å². The highest BCUT2D eigenvalue weighted by Crippen LogP contribution is 2.28. The van der Waals surface area contributed by atoms with Crippen molar-refractivity contribution in [2.24, 2.45) is 5.41 Å². The number of amides is 1. The number of carbonyl (C=O) groups excluding carboxylic acids is 1. The minimum absolute atomic E-state index is 0.0872. The zero-order valence-electron chi connectivity index (χ0n) is 12.8. The largest absolute Gasteiger partial charge is 0.336 e. The lowest BCUT2D eigenvalue weighted by atomic mass is 9.82. The van der Waals surface area contributed by atoms with Crippen molar-refractivity contribution >= 4 is 5.91 Å². The number of nitriles is 1. The first-order valence-corrected chi connectivity index (χ1v) is 7.16. The SMILES string of the molecule is CCN(Cc1cccc(C)n1)C(=O)C(C#N)(CC)CC. The van der Waals surface area contributed by atoms with Crippen molar-refractivity contribution in [2.75, 3.05) is 6.54 Å². The molecule has 0 fully saturated rings. The van der Waals surface area contributed by atoms with Crippen LogP contribution in [0.4, 0.5) is 0 Å². The van der Waals surface area contributed by atoms with Crippen molar-refractivity contribution < 1.29 is 4.79 Å². The van der Waals surface area contributed by atoms with Crippen LogP contribution in [0.25, 0.3) is 0 Å². The molecule has 20 heavy (non-hydrogen) atoms. The predicted molar refractivity (Wildman–Crippen MR) is 78.7 cm³/mol. The number of pyridine rings is 1. The van der Waals surface area contributed by atoms with Gasteiger partial charge in [0.15, 0.2) is 0 Å². The standard InChI is InChI=1S/C16H23N3O/c1-5-16(6-2,12-17)15(20)19(7-3)11-14-10-8-9-13(4)18-14/h8-10H,5-7,11H2,1-4H3. The van der Waals surface area contributed by atoms with E-state index in [1.54, 1.807) is 4.90 Å². The highest BCUT2D eigenvalue weighted by molar-refractivity contribution is 5.85. The van der Waals surface area contributed by atoms with E-state index in [4.69, 9.17) is 0 Å². The van der Waals surface area contributed by atoms with Crippen LogP contribution < -0.4 is 0 Å². The summed E-state index contributed by atoms with van der Waals surface area (Å²) in [5, 5.41) is 9.39. The molecule has 0 saturated heterocycles. The summed E-state index contributed by atoms with van der Waals surface area (Å²) in [4.78, 5) is 18.8. The summed E-state index contributed by atoms with van der Waals surface area (Å²) in [5.41, 5.74) is 0.891.